The lowest BCUT2D eigenvalue weighted by Gasteiger charge is -2.40. The third-order valence-corrected chi connectivity index (χ3v) is 4.02. The van der Waals surface area contributed by atoms with Crippen LogP contribution in [0, 0.1) is 30.2 Å². The van der Waals surface area contributed by atoms with E-state index < -0.39 is 49.5 Å². The van der Waals surface area contributed by atoms with Gasteiger partial charge in [-0.15, -0.1) is 0 Å². The summed E-state index contributed by atoms with van der Waals surface area (Å²) in [5.41, 5.74) is -1.89. The number of hydrogen-bond acceptors (Lipinski definition) is 0. The highest BCUT2D eigenvalue weighted by atomic mass is 32.5. The fraction of sp³-hybridized carbons (Fsp3) is 0.0769. The summed E-state index contributed by atoms with van der Waals surface area (Å²) < 4.78 is 117. The van der Waals surface area contributed by atoms with Crippen LogP contribution in [0.4, 0.5) is 37.0 Å². The van der Waals surface area contributed by atoms with Gasteiger partial charge in [-0.05, 0) is 42.3 Å². The molecule has 0 bridgehead atoms. The summed E-state index contributed by atoms with van der Waals surface area (Å²) >= 11 is 0. The minimum Gasteiger partial charge on any atom is -0.206 e. The lowest BCUT2D eigenvalue weighted by molar-refractivity contribution is 0.345. The van der Waals surface area contributed by atoms with Gasteiger partial charge in [-0.3, -0.25) is 0 Å². The Bertz CT molecular complexity index is 762. The first-order chi connectivity index (χ1) is 10.1. The number of halogens is 9. The number of hydrogen-bond donors (Lipinski definition) is 0. The minimum absolute atomic E-state index is 0.105. The molecule has 0 spiro atoms. The van der Waals surface area contributed by atoms with Gasteiger partial charge >= 0.3 is 10.2 Å². The molecule has 0 radical (unpaired) electrons. The maximum absolute atomic E-state index is 13.7. The Morgan fingerprint density at radius 2 is 1.04 bits per heavy atom. The molecule has 0 aliphatic carbocycles. The van der Waals surface area contributed by atoms with E-state index >= 15 is 0 Å². The van der Waals surface area contributed by atoms with Gasteiger partial charge in [0.05, 0.1) is 5.56 Å². The standard InChI is InChI=1S/C13H7F9S/c1-6-2-8(14)12(9(15)3-6)7-4-10(16)13(11(17)5-7)23(18,19,20,21)22/h2-5H,1H3. The van der Waals surface area contributed by atoms with Crippen LogP contribution >= 0.6 is 10.2 Å². The first kappa shape index (κ1) is 17.5. The molecule has 2 rings (SSSR count). The second-order valence-corrected chi connectivity index (χ2v) is 7.19. The van der Waals surface area contributed by atoms with E-state index in [0.717, 1.165) is 12.1 Å². The average Bonchev–Trinajstić information content (AvgIpc) is 2.21. The largest absolute Gasteiger partial charge is 0.315 e. The second-order valence-electron chi connectivity index (χ2n) is 4.84. The monoisotopic (exact) mass is 366 g/mol. The fourth-order valence-electron chi connectivity index (χ4n) is 2.05. The Morgan fingerprint density at radius 3 is 1.39 bits per heavy atom. The van der Waals surface area contributed by atoms with Gasteiger partial charge in [-0.25, -0.2) is 17.6 Å². The molecule has 0 fully saturated rings. The highest BCUT2D eigenvalue weighted by molar-refractivity contribution is 8.45. The minimum atomic E-state index is -10.6. The van der Waals surface area contributed by atoms with Gasteiger partial charge in [-0.2, -0.15) is 0 Å². The van der Waals surface area contributed by atoms with Crippen molar-refractivity contribution in [2.45, 2.75) is 11.8 Å². The zero-order valence-corrected chi connectivity index (χ0v) is 11.9. The van der Waals surface area contributed by atoms with Gasteiger partial charge in [0.15, 0.2) is 4.90 Å². The first-order valence-corrected chi connectivity index (χ1v) is 7.74. The molecule has 0 aromatic heterocycles. The van der Waals surface area contributed by atoms with E-state index in [2.05, 4.69) is 0 Å². The summed E-state index contributed by atoms with van der Waals surface area (Å²) in [7, 11) is -10.6. The Balaban J connectivity index is 2.78. The van der Waals surface area contributed by atoms with Crippen LogP contribution in [0.15, 0.2) is 29.2 Å². The molecule has 0 saturated heterocycles. The van der Waals surface area contributed by atoms with Crippen molar-refractivity contribution in [1.82, 2.24) is 0 Å². The molecule has 0 atom stereocenters. The molecule has 23 heavy (non-hydrogen) atoms. The number of rotatable bonds is 2. The van der Waals surface area contributed by atoms with E-state index in [0.29, 0.717) is 0 Å². The molecule has 2 aromatic rings. The lowest BCUT2D eigenvalue weighted by atomic mass is 10.0. The molecule has 0 aliphatic rings. The van der Waals surface area contributed by atoms with Crippen LogP contribution in [0.1, 0.15) is 5.56 Å². The third kappa shape index (κ3) is 3.41. The van der Waals surface area contributed by atoms with Crippen LogP contribution < -0.4 is 0 Å². The predicted molar refractivity (Wildman–Crippen MR) is 67.8 cm³/mol. The van der Waals surface area contributed by atoms with Crippen molar-refractivity contribution in [3.8, 4) is 11.1 Å². The van der Waals surface area contributed by atoms with Gasteiger partial charge in [0.25, 0.3) is 0 Å². The molecule has 0 unspecified atom stereocenters. The summed E-state index contributed by atoms with van der Waals surface area (Å²) in [4.78, 5) is -3.35. The molecule has 128 valence electrons. The van der Waals surface area contributed by atoms with Crippen molar-refractivity contribution >= 4 is 10.2 Å². The van der Waals surface area contributed by atoms with Crippen molar-refractivity contribution in [2.75, 3.05) is 0 Å². The van der Waals surface area contributed by atoms with Crippen LogP contribution in [0.3, 0.4) is 0 Å². The summed E-state index contributed by atoms with van der Waals surface area (Å²) in [6.07, 6.45) is 0. The van der Waals surface area contributed by atoms with Crippen molar-refractivity contribution in [2.24, 2.45) is 0 Å². The molecule has 0 saturated carbocycles. The predicted octanol–water partition coefficient (Wildman–Crippen LogP) is 6.88. The van der Waals surface area contributed by atoms with E-state index in [1.165, 1.54) is 6.92 Å². The molecule has 0 heterocycles. The number of aryl methyl sites for hydroxylation is 1. The van der Waals surface area contributed by atoms with Crippen molar-refractivity contribution in [1.29, 1.82) is 0 Å². The zero-order chi connectivity index (χ0) is 17.9. The topological polar surface area (TPSA) is 0 Å². The van der Waals surface area contributed by atoms with E-state index in [4.69, 9.17) is 0 Å². The van der Waals surface area contributed by atoms with Crippen molar-refractivity contribution in [3.63, 3.8) is 0 Å². The second kappa shape index (κ2) is 4.37. The normalized spacial score (nSPS) is 15.2. The van der Waals surface area contributed by atoms with Crippen LogP contribution in [-0.2, 0) is 0 Å². The molecule has 0 amide bonds. The van der Waals surface area contributed by atoms with E-state index in [1.807, 2.05) is 0 Å². The van der Waals surface area contributed by atoms with E-state index in [9.17, 15) is 37.0 Å². The summed E-state index contributed by atoms with van der Waals surface area (Å²) in [6.45, 7) is 1.30. The van der Waals surface area contributed by atoms with Crippen LogP contribution in [0.2, 0.25) is 0 Å². The Hall–Kier alpha value is -1.84. The molecule has 10 heteroatoms. The third-order valence-electron chi connectivity index (χ3n) is 2.86. The van der Waals surface area contributed by atoms with Gasteiger partial charge in [-0.1, -0.05) is 19.4 Å². The Labute approximate surface area is 124 Å². The lowest BCUT2D eigenvalue weighted by Crippen LogP contribution is -2.12. The Morgan fingerprint density at radius 1 is 0.652 bits per heavy atom. The maximum Gasteiger partial charge on any atom is 0.315 e. The van der Waals surface area contributed by atoms with Gasteiger partial charge in [0.2, 0.25) is 0 Å². The number of benzene rings is 2. The maximum atomic E-state index is 13.7. The Kier molecular flexibility index (Phi) is 3.33. The molecular weight excluding hydrogens is 359 g/mol. The zero-order valence-electron chi connectivity index (χ0n) is 11.1. The molecule has 0 N–H and O–H groups in total. The molecule has 2 aromatic carbocycles. The summed E-state index contributed by atoms with van der Waals surface area (Å²) in [5, 5.41) is 0. The SMILES string of the molecule is Cc1cc(F)c(-c2cc(F)c(S(F)(F)(F)(F)F)c(F)c2)c(F)c1. The summed E-state index contributed by atoms with van der Waals surface area (Å²) in [6, 6.07) is 1.17. The first-order valence-electron chi connectivity index (χ1n) is 5.79. The van der Waals surface area contributed by atoms with Gasteiger partial charge < -0.3 is 0 Å². The van der Waals surface area contributed by atoms with Crippen LogP contribution in [0.5, 0.6) is 0 Å². The highest BCUT2D eigenvalue weighted by Crippen LogP contribution is 3.02. The fourth-order valence-corrected chi connectivity index (χ4v) is 2.90. The quantitative estimate of drug-likeness (QED) is 0.509. The van der Waals surface area contributed by atoms with Crippen LogP contribution in [0.25, 0.3) is 11.1 Å². The van der Waals surface area contributed by atoms with E-state index in [-0.39, 0.29) is 17.7 Å². The van der Waals surface area contributed by atoms with Gasteiger partial charge in [0.1, 0.15) is 23.3 Å². The van der Waals surface area contributed by atoms with Crippen LogP contribution in [-0.4, -0.2) is 0 Å². The molecular formula is C13H7F9S. The average molecular weight is 366 g/mol. The van der Waals surface area contributed by atoms with E-state index in [1.54, 1.807) is 0 Å². The molecule has 0 nitrogen and oxygen atoms in total. The van der Waals surface area contributed by atoms with Crippen molar-refractivity contribution < 1.29 is 37.0 Å². The molecule has 0 aliphatic heterocycles. The van der Waals surface area contributed by atoms with Crippen molar-refractivity contribution in [3.05, 3.63) is 53.1 Å². The van der Waals surface area contributed by atoms with Gasteiger partial charge in [0, 0.05) is 0 Å². The highest BCUT2D eigenvalue weighted by Gasteiger charge is 2.68. The summed E-state index contributed by atoms with van der Waals surface area (Å²) in [5.74, 6) is -7.92. The smallest absolute Gasteiger partial charge is 0.206 e.